The average molecular weight is 520 g/mol. The van der Waals surface area contributed by atoms with Gasteiger partial charge in [0, 0.05) is 46.4 Å². The van der Waals surface area contributed by atoms with Crippen LogP contribution >= 0.6 is 24.0 Å². The van der Waals surface area contributed by atoms with Crippen LogP contribution in [-0.2, 0) is 19.5 Å². The van der Waals surface area contributed by atoms with E-state index in [0.29, 0.717) is 39.3 Å². The Morgan fingerprint density at radius 1 is 1.15 bits per heavy atom. The minimum absolute atomic E-state index is 0. The highest BCUT2D eigenvalue weighted by Crippen LogP contribution is 2.09. The van der Waals surface area contributed by atoms with Gasteiger partial charge in [0.25, 0.3) is 0 Å². The first-order valence-electron chi connectivity index (χ1n) is 9.53. The number of piperazine rings is 1. The number of hydrogen-bond acceptors (Lipinski definition) is 5. The number of hydrogen-bond donors (Lipinski definition) is 1. The Morgan fingerprint density at radius 2 is 1.81 bits per heavy atom. The van der Waals surface area contributed by atoms with Gasteiger partial charge in [0.1, 0.15) is 0 Å². The summed E-state index contributed by atoms with van der Waals surface area (Å²) in [5.74, 6) is 0.831. The van der Waals surface area contributed by atoms with Gasteiger partial charge in [-0.25, -0.2) is 8.42 Å². The smallest absolute Gasteiger partial charge is 0.216 e. The fourth-order valence-corrected chi connectivity index (χ4v) is 3.90. The van der Waals surface area contributed by atoms with Gasteiger partial charge < -0.3 is 19.7 Å². The van der Waals surface area contributed by atoms with Gasteiger partial charge in [-0.3, -0.25) is 4.99 Å². The number of halogens is 1. The lowest BCUT2D eigenvalue weighted by Crippen LogP contribution is -2.54. The first-order chi connectivity index (χ1) is 12.4. The molecule has 1 fully saturated rings. The van der Waals surface area contributed by atoms with E-state index in [4.69, 9.17) is 9.47 Å². The van der Waals surface area contributed by atoms with Crippen LogP contribution in [0.3, 0.4) is 0 Å². The summed E-state index contributed by atoms with van der Waals surface area (Å²) in [6, 6.07) is 0. The molecule has 162 valence electrons. The summed E-state index contributed by atoms with van der Waals surface area (Å²) in [6.07, 6.45) is 2.25. The summed E-state index contributed by atoms with van der Waals surface area (Å²) in [4.78, 5) is 6.38. The van der Waals surface area contributed by atoms with Crippen molar-refractivity contribution >= 4 is 40.0 Å². The van der Waals surface area contributed by atoms with E-state index in [1.54, 1.807) is 11.4 Å². The van der Waals surface area contributed by atoms with Crippen molar-refractivity contribution in [3.05, 3.63) is 0 Å². The molecule has 8 nitrogen and oxygen atoms in total. The molecule has 1 rings (SSSR count). The zero-order valence-corrected chi connectivity index (χ0v) is 20.3. The summed E-state index contributed by atoms with van der Waals surface area (Å²) in [5.41, 5.74) is 0. The van der Waals surface area contributed by atoms with Crippen LogP contribution in [0.2, 0.25) is 0 Å². The second-order valence-corrected chi connectivity index (χ2v) is 8.65. The zero-order valence-electron chi connectivity index (χ0n) is 17.1. The highest BCUT2D eigenvalue weighted by molar-refractivity contribution is 14.0. The Morgan fingerprint density at radius 3 is 2.37 bits per heavy atom. The van der Waals surface area contributed by atoms with Crippen LogP contribution < -0.4 is 5.32 Å². The second kappa shape index (κ2) is 14.8. The molecule has 0 spiro atoms. The minimum Gasteiger partial charge on any atom is -0.380 e. The van der Waals surface area contributed by atoms with Crippen molar-refractivity contribution in [2.45, 2.75) is 39.7 Å². The predicted octanol–water partition coefficient (Wildman–Crippen LogP) is 1.37. The van der Waals surface area contributed by atoms with Gasteiger partial charge in [-0.05, 0) is 20.3 Å². The Bertz CT molecular complexity index is 509. The van der Waals surface area contributed by atoms with Gasteiger partial charge in [-0.15, -0.1) is 24.0 Å². The first-order valence-corrected chi connectivity index (χ1v) is 11.1. The summed E-state index contributed by atoms with van der Waals surface area (Å²) in [6.45, 7) is 10.5. The van der Waals surface area contributed by atoms with E-state index in [0.717, 1.165) is 25.4 Å². The molecule has 0 aromatic carbocycles. The number of ether oxygens (including phenoxy) is 2. The number of nitrogens with one attached hydrogen (secondary N) is 1. The van der Waals surface area contributed by atoms with Crippen molar-refractivity contribution in [1.29, 1.82) is 0 Å². The average Bonchev–Trinajstić information content (AvgIpc) is 2.61. The topological polar surface area (TPSA) is 83.5 Å². The summed E-state index contributed by atoms with van der Waals surface area (Å²) >= 11 is 0. The fraction of sp³-hybridized carbons (Fsp3) is 0.941. The molecular formula is C17H37IN4O4S. The van der Waals surface area contributed by atoms with Crippen molar-refractivity contribution < 1.29 is 17.9 Å². The maximum absolute atomic E-state index is 12.4. The first kappa shape index (κ1) is 26.8. The standard InChI is InChI=1S/C17H36N4O4S.HI/c1-5-6-12-24-13-7-19-17(18-4)20-8-10-21(11-9-20)26(22,23)15-14-25-16(2)3;/h16H,5-15H2,1-4H3,(H,18,19);1H. The summed E-state index contributed by atoms with van der Waals surface area (Å²) < 4.78 is 37.2. The number of rotatable bonds is 11. The molecule has 10 heteroatoms. The van der Waals surface area contributed by atoms with E-state index >= 15 is 0 Å². The number of aliphatic imine (C=N–C) groups is 1. The van der Waals surface area contributed by atoms with Gasteiger partial charge >= 0.3 is 0 Å². The van der Waals surface area contributed by atoms with Gasteiger partial charge in [0.05, 0.1) is 25.1 Å². The minimum atomic E-state index is -3.26. The molecule has 1 saturated heterocycles. The summed E-state index contributed by atoms with van der Waals surface area (Å²) in [5, 5.41) is 3.28. The lowest BCUT2D eigenvalue weighted by Gasteiger charge is -2.35. The highest BCUT2D eigenvalue weighted by atomic mass is 127. The van der Waals surface area contributed by atoms with E-state index < -0.39 is 10.0 Å². The lowest BCUT2D eigenvalue weighted by molar-refractivity contribution is 0.0904. The molecule has 1 N–H and O–H groups in total. The molecule has 1 aliphatic heterocycles. The molecular weight excluding hydrogens is 483 g/mol. The molecule has 27 heavy (non-hydrogen) atoms. The Balaban J connectivity index is 0.00000676. The third-order valence-electron chi connectivity index (χ3n) is 4.11. The highest BCUT2D eigenvalue weighted by Gasteiger charge is 2.27. The van der Waals surface area contributed by atoms with Crippen LogP contribution in [0.5, 0.6) is 0 Å². The van der Waals surface area contributed by atoms with Crippen molar-refractivity contribution in [2.75, 3.05) is 65.3 Å². The lowest BCUT2D eigenvalue weighted by atomic mass is 10.4. The molecule has 0 aliphatic carbocycles. The van der Waals surface area contributed by atoms with Crippen molar-refractivity contribution in [3.8, 4) is 0 Å². The molecule has 0 amide bonds. The van der Waals surface area contributed by atoms with Crippen LogP contribution in [0.15, 0.2) is 4.99 Å². The second-order valence-electron chi connectivity index (χ2n) is 6.56. The van der Waals surface area contributed by atoms with Crippen molar-refractivity contribution in [3.63, 3.8) is 0 Å². The Kier molecular flexibility index (Phi) is 14.7. The summed E-state index contributed by atoms with van der Waals surface area (Å²) in [7, 11) is -1.52. The van der Waals surface area contributed by atoms with Crippen LogP contribution in [0.25, 0.3) is 0 Å². The SMILES string of the molecule is CCCCOCCNC(=NC)N1CCN(S(=O)(=O)CCOC(C)C)CC1.I. The van der Waals surface area contributed by atoms with Crippen LogP contribution in [0.4, 0.5) is 0 Å². The Hall–Kier alpha value is -0.170. The third kappa shape index (κ3) is 10.8. The van der Waals surface area contributed by atoms with Gasteiger partial charge in [0.15, 0.2) is 5.96 Å². The molecule has 0 aromatic rings. The maximum Gasteiger partial charge on any atom is 0.216 e. The molecule has 0 saturated carbocycles. The van der Waals surface area contributed by atoms with E-state index in [2.05, 4.69) is 22.1 Å². The van der Waals surface area contributed by atoms with Crippen LogP contribution in [0, 0.1) is 0 Å². The number of unbranched alkanes of at least 4 members (excludes halogenated alkanes) is 1. The quantitative estimate of drug-likeness (QED) is 0.192. The maximum atomic E-state index is 12.4. The molecule has 0 radical (unpaired) electrons. The Labute approximate surface area is 182 Å². The molecule has 1 aliphatic rings. The fourth-order valence-electron chi connectivity index (χ4n) is 2.61. The van der Waals surface area contributed by atoms with E-state index in [-0.39, 0.29) is 42.4 Å². The van der Waals surface area contributed by atoms with Crippen LogP contribution in [-0.4, -0.2) is 95.0 Å². The monoisotopic (exact) mass is 520 g/mol. The van der Waals surface area contributed by atoms with Gasteiger partial charge in [0.2, 0.25) is 10.0 Å². The predicted molar refractivity (Wildman–Crippen MR) is 121 cm³/mol. The zero-order chi connectivity index (χ0) is 19.4. The van der Waals surface area contributed by atoms with Crippen molar-refractivity contribution in [1.82, 2.24) is 14.5 Å². The normalized spacial score (nSPS) is 16.5. The third-order valence-corrected chi connectivity index (χ3v) is 5.94. The van der Waals surface area contributed by atoms with E-state index in [1.165, 1.54) is 0 Å². The largest absolute Gasteiger partial charge is 0.380 e. The van der Waals surface area contributed by atoms with Crippen molar-refractivity contribution in [2.24, 2.45) is 4.99 Å². The molecule has 0 atom stereocenters. The molecule has 0 bridgehead atoms. The van der Waals surface area contributed by atoms with Gasteiger partial charge in [-0.1, -0.05) is 13.3 Å². The molecule has 0 unspecified atom stereocenters. The molecule has 1 heterocycles. The number of guanidine groups is 1. The van der Waals surface area contributed by atoms with Gasteiger partial charge in [-0.2, -0.15) is 4.31 Å². The van der Waals surface area contributed by atoms with E-state index in [1.807, 2.05) is 13.8 Å². The molecule has 0 aromatic heterocycles. The van der Waals surface area contributed by atoms with Crippen LogP contribution in [0.1, 0.15) is 33.6 Å². The van der Waals surface area contributed by atoms with E-state index in [9.17, 15) is 8.42 Å². The number of sulfonamides is 1. The number of nitrogens with zero attached hydrogens (tertiary/aromatic N) is 3.